The summed E-state index contributed by atoms with van der Waals surface area (Å²) in [6, 6.07) is 9.34. The van der Waals surface area contributed by atoms with Crippen LogP contribution in [0.2, 0.25) is 0 Å². The van der Waals surface area contributed by atoms with Crippen LogP contribution in [0.4, 0.5) is 0 Å². The zero-order valence-electron chi connectivity index (χ0n) is 14.2. The molecule has 0 aliphatic carbocycles. The quantitative estimate of drug-likeness (QED) is 0.829. The van der Waals surface area contributed by atoms with Crippen molar-refractivity contribution >= 4 is 0 Å². The lowest BCUT2D eigenvalue weighted by Gasteiger charge is -2.30. The second kappa shape index (κ2) is 6.73. The van der Waals surface area contributed by atoms with Gasteiger partial charge >= 0.3 is 0 Å². The molecular weight excluding hydrogens is 246 g/mol. The van der Waals surface area contributed by atoms with E-state index in [0.29, 0.717) is 6.04 Å². The first kappa shape index (κ1) is 17.2. The smallest absolute Gasteiger partial charge is 0.0640 e. The summed E-state index contributed by atoms with van der Waals surface area (Å²) in [5.74, 6) is 0. The van der Waals surface area contributed by atoms with Gasteiger partial charge in [0.2, 0.25) is 0 Å². The number of nitrogens with one attached hydrogen (secondary N) is 1. The zero-order chi connectivity index (χ0) is 15.4. The highest BCUT2D eigenvalue weighted by Crippen LogP contribution is 2.28. The average Bonchev–Trinajstić information content (AvgIpc) is 2.37. The van der Waals surface area contributed by atoms with Crippen LogP contribution in [0.15, 0.2) is 24.3 Å². The SMILES string of the molecule is CCNC(CC(C)(C)OC)c1ccc(C(C)(C)C)cc1. The number of hydrogen-bond acceptors (Lipinski definition) is 2. The number of hydrogen-bond donors (Lipinski definition) is 1. The molecule has 0 amide bonds. The number of rotatable bonds is 6. The number of ether oxygens (including phenoxy) is 1. The third kappa shape index (κ3) is 4.92. The Morgan fingerprint density at radius 3 is 2.00 bits per heavy atom. The standard InChI is InChI=1S/C18H31NO/c1-8-19-16(13-18(5,6)20-7)14-9-11-15(12-10-14)17(2,3)4/h9-12,16,19H,8,13H2,1-7H3. The van der Waals surface area contributed by atoms with E-state index in [0.717, 1.165) is 13.0 Å². The van der Waals surface area contributed by atoms with Gasteiger partial charge in [-0.15, -0.1) is 0 Å². The minimum Gasteiger partial charge on any atom is -0.379 e. The first-order valence-electron chi connectivity index (χ1n) is 7.58. The number of methoxy groups -OCH3 is 1. The molecule has 20 heavy (non-hydrogen) atoms. The van der Waals surface area contributed by atoms with E-state index in [4.69, 9.17) is 4.74 Å². The van der Waals surface area contributed by atoms with E-state index in [1.807, 2.05) is 0 Å². The van der Waals surface area contributed by atoms with Crippen molar-refractivity contribution < 1.29 is 4.74 Å². The van der Waals surface area contributed by atoms with Crippen molar-refractivity contribution in [3.63, 3.8) is 0 Å². The van der Waals surface area contributed by atoms with Gasteiger partial charge in [-0.3, -0.25) is 0 Å². The van der Waals surface area contributed by atoms with E-state index in [-0.39, 0.29) is 11.0 Å². The highest BCUT2D eigenvalue weighted by Gasteiger charge is 2.24. The van der Waals surface area contributed by atoms with Gasteiger partial charge in [-0.2, -0.15) is 0 Å². The van der Waals surface area contributed by atoms with Crippen molar-refractivity contribution in [3.05, 3.63) is 35.4 Å². The van der Waals surface area contributed by atoms with E-state index >= 15 is 0 Å². The van der Waals surface area contributed by atoms with Crippen LogP contribution >= 0.6 is 0 Å². The Bertz CT molecular complexity index is 400. The van der Waals surface area contributed by atoms with Crippen molar-refractivity contribution in [1.29, 1.82) is 0 Å². The molecule has 1 aromatic rings. The Morgan fingerprint density at radius 1 is 1.05 bits per heavy atom. The predicted octanol–water partition coefficient (Wildman–Crippen LogP) is 4.45. The molecule has 0 heterocycles. The highest BCUT2D eigenvalue weighted by atomic mass is 16.5. The van der Waals surface area contributed by atoms with E-state index in [1.54, 1.807) is 7.11 Å². The molecule has 114 valence electrons. The van der Waals surface area contributed by atoms with Crippen LogP contribution in [0, 0.1) is 0 Å². The van der Waals surface area contributed by atoms with Crippen LogP contribution < -0.4 is 5.32 Å². The van der Waals surface area contributed by atoms with Gasteiger partial charge in [0.1, 0.15) is 0 Å². The van der Waals surface area contributed by atoms with Gasteiger partial charge < -0.3 is 10.1 Å². The molecule has 1 aromatic carbocycles. The van der Waals surface area contributed by atoms with Crippen LogP contribution in [-0.2, 0) is 10.2 Å². The summed E-state index contributed by atoms with van der Waals surface area (Å²) in [4.78, 5) is 0. The topological polar surface area (TPSA) is 21.3 Å². The third-order valence-electron chi connectivity index (χ3n) is 3.88. The average molecular weight is 277 g/mol. The molecule has 2 heteroatoms. The first-order valence-corrected chi connectivity index (χ1v) is 7.58. The van der Waals surface area contributed by atoms with Gasteiger partial charge in [0.15, 0.2) is 0 Å². The Labute approximate surface area is 124 Å². The van der Waals surface area contributed by atoms with Crippen molar-refractivity contribution in [1.82, 2.24) is 5.32 Å². The molecule has 0 aromatic heterocycles. The maximum Gasteiger partial charge on any atom is 0.0640 e. The summed E-state index contributed by atoms with van der Waals surface area (Å²) in [5, 5.41) is 3.57. The largest absolute Gasteiger partial charge is 0.379 e. The van der Waals surface area contributed by atoms with Crippen molar-refractivity contribution in [2.45, 2.75) is 65.0 Å². The van der Waals surface area contributed by atoms with Crippen molar-refractivity contribution in [2.24, 2.45) is 0 Å². The maximum atomic E-state index is 5.57. The second-order valence-electron chi connectivity index (χ2n) is 7.15. The summed E-state index contributed by atoms with van der Waals surface area (Å²) in [6.07, 6.45) is 0.964. The van der Waals surface area contributed by atoms with Gasteiger partial charge in [0.05, 0.1) is 5.60 Å². The van der Waals surface area contributed by atoms with Gasteiger partial charge in [-0.25, -0.2) is 0 Å². The molecule has 0 radical (unpaired) electrons. The minimum absolute atomic E-state index is 0.116. The lowest BCUT2D eigenvalue weighted by Crippen LogP contribution is -2.32. The van der Waals surface area contributed by atoms with Crippen molar-refractivity contribution in [2.75, 3.05) is 13.7 Å². The van der Waals surface area contributed by atoms with Gasteiger partial charge in [-0.1, -0.05) is 52.0 Å². The molecular formula is C18H31NO. The molecule has 0 fully saturated rings. The summed E-state index contributed by atoms with van der Waals surface area (Å²) < 4.78 is 5.57. The Balaban J connectivity index is 2.92. The molecule has 1 unspecified atom stereocenters. The highest BCUT2D eigenvalue weighted by molar-refractivity contribution is 5.29. The molecule has 0 bridgehead atoms. The van der Waals surface area contributed by atoms with E-state index in [9.17, 15) is 0 Å². The fourth-order valence-corrected chi connectivity index (χ4v) is 2.34. The van der Waals surface area contributed by atoms with Gasteiger partial charge in [0, 0.05) is 13.2 Å². The van der Waals surface area contributed by atoms with Gasteiger partial charge in [-0.05, 0) is 43.4 Å². The summed E-state index contributed by atoms with van der Waals surface area (Å²) in [7, 11) is 1.78. The summed E-state index contributed by atoms with van der Waals surface area (Å²) >= 11 is 0. The first-order chi connectivity index (χ1) is 9.19. The molecule has 0 aliphatic heterocycles. The monoisotopic (exact) mass is 277 g/mol. The molecule has 0 saturated heterocycles. The lowest BCUT2D eigenvalue weighted by molar-refractivity contribution is 0.00697. The van der Waals surface area contributed by atoms with Crippen LogP contribution in [-0.4, -0.2) is 19.3 Å². The molecule has 1 N–H and O–H groups in total. The second-order valence-corrected chi connectivity index (χ2v) is 7.15. The Hall–Kier alpha value is -0.860. The molecule has 0 aliphatic rings. The van der Waals surface area contributed by atoms with Crippen LogP contribution in [0.1, 0.15) is 65.1 Å². The van der Waals surface area contributed by atoms with Crippen molar-refractivity contribution in [3.8, 4) is 0 Å². The lowest BCUT2D eigenvalue weighted by atomic mass is 9.85. The van der Waals surface area contributed by atoms with Crippen LogP contribution in [0.25, 0.3) is 0 Å². The summed E-state index contributed by atoms with van der Waals surface area (Å²) in [5.41, 5.74) is 2.81. The fraction of sp³-hybridized carbons (Fsp3) is 0.667. The van der Waals surface area contributed by atoms with E-state index in [2.05, 4.69) is 71.1 Å². The molecule has 1 atom stereocenters. The molecule has 2 nitrogen and oxygen atoms in total. The summed E-state index contributed by atoms with van der Waals surface area (Å²) in [6.45, 7) is 14.1. The Morgan fingerprint density at radius 2 is 1.60 bits per heavy atom. The Kier molecular flexibility index (Phi) is 5.79. The predicted molar refractivity (Wildman–Crippen MR) is 87.3 cm³/mol. The van der Waals surface area contributed by atoms with E-state index < -0.39 is 0 Å². The third-order valence-corrected chi connectivity index (χ3v) is 3.88. The van der Waals surface area contributed by atoms with Crippen LogP contribution in [0.5, 0.6) is 0 Å². The minimum atomic E-state index is -0.116. The normalized spacial score (nSPS) is 14.3. The zero-order valence-corrected chi connectivity index (χ0v) is 14.2. The molecule has 0 spiro atoms. The van der Waals surface area contributed by atoms with E-state index in [1.165, 1.54) is 11.1 Å². The maximum absolute atomic E-state index is 5.57. The van der Waals surface area contributed by atoms with Gasteiger partial charge in [0.25, 0.3) is 0 Å². The number of benzene rings is 1. The molecule has 0 saturated carbocycles. The fourth-order valence-electron chi connectivity index (χ4n) is 2.34. The molecule has 1 rings (SSSR count). The van der Waals surface area contributed by atoms with Crippen LogP contribution in [0.3, 0.4) is 0 Å².